The number of aliphatic carboxylic acids is 1. The summed E-state index contributed by atoms with van der Waals surface area (Å²) in [5, 5.41) is 8.97. The molecule has 1 aliphatic rings. The molecule has 1 heterocycles. The minimum absolute atomic E-state index is 0.146. The van der Waals surface area contributed by atoms with Crippen LogP contribution in [0.25, 0.3) is 0 Å². The van der Waals surface area contributed by atoms with Crippen LogP contribution in [0.4, 0.5) is 11.4 Å². The molecule has 2 rings (SSSR count). The van der Waals surface area contributed by atoms with Crippen LogP contribution in [-0.4, -0.2) is 23.8 Å². The van der Waals surface area contributed by atoms with Crippen LogP contribution in [0.5, 0.6) is 11.5 Å². The van der Waals surface area contributed by atoms with Crippen molar-refractivity contribution in [1.29, 1.82) is 0 Å². The van der Waals surface area contributed by atoms with E-state index in [4.69, 9.17) is 26.0 Å². The van der Waals surface area contributed by atoms with Gasteiger partial charge in [-0.1, -0.05) is 0 Å². The van der Waals surface area contributed by atoms with Crippen molar-refractivity contribution in [2.75, 3.05) is 18.1 Å². The minimum atomic E-state index is -0.939. The second-order valence-electron chi connectivity index (χ2n) is 4.45. The zero-order valence-electron chi connectivity index (χ0n) is 10.3. The summed E-state index contributed by atoms with van der Waals surface area (Å²) in [4.78, 5) is 10.9. The average molecular weight is 252 g/mol. The molecule has 6 heteroatoms. The molecule has 0 saturated carbocycles. The molecule has 6 nitrogen and oxygen atoms in total. The minimum Gasteiger partial charge on any atom is -0.484 e. The topological polar surface area (TPSA) is 108 Å². The van der Waals surface area contributed by atoms with E-state index in [9.17, 15) is 4.79 Å². The van der Waals surface area contributed by atoms with E-state index in [1.807, 2.05) is 0 Å². The van der Waals surface area contributed by atoms with Crippen LogP contribution < -0.4 is 20.9 Å². The number of fused-ring (bicyclic) bond motifs is 1. The van der Waals surface area contributed by atoms with Gasteiger partial charge in [-0.3, -0.25) is 4.79 Å². The fourth-order valence-electron chi connectivity index (χ4n) is 1.83. The van der Waals surface area contributed by atoms with Gasteiger partial charge < -0.3 is 26.0 Å². The van der Waals surface area contributed by atoms with E-state index in [0.29, 0.717) is 22.9 Å². The van der Waals surface area contributed by atoms with E-state index in [2.05, 4.69) is 0 Å². The fraction of sp³-hybridized carbons (Fsp3) is 0.417. The zero-order chi connectivity index (χ0) is 13.4. The van der Waals surface area contributed by atoms with E-state index < -0.39 is 18.0 Å². The summed E-state index contributed by atoms with van der Waals surface area (Å²) in [5.41, 5.74) is 13.4. The summed E-state index contributed by atoms with van der Waals surface area (Å²) < 4.78 is 11.1. The molecule has 0 bridgehead atoms. The molecule has 98 valence electrons. The highest BCUT2D eigenvalue weighted by atomic mass is 16.6. The Labute approximate surface area is 104 Å². The highest BCUT2D eigenvalue weighted by Crippen LogP contribution is 2.44. The molecular formula is C12H16N2O4. The number of nitrogen functional groups attached to an aromatic ring is 2. The lowest BCUT2D eigenvalue weighted by atomic mass is 10.0. The van der Waals surface area contributed by atoms with Gasteiger partial charge in [0.15, 0.2) is 11.5 Å². The molecule has 0 fully saturated rings. The third-order valence-corrected chi connectivity index (χ3v) is 3.12. The SMILES string of the molecule is Cc1cc(N)c2c(c1N)OC(C(C)C(=O)O)CO2. The van der Waals surface area contributed by atoms with Gasteiger partial charge in [-0.05, 0) is 25.5 Å². The number of benzene rings is 1. The van der Waals surface area contributed by atoms with Crippen molar-refractivity contribution < 1.29 is 19.4 Å². The van der Waals surface area contributed by atoms with Gasteiger partial charge in [-0.2, -0.15) is 0 Å². The molecule has 1 aromatic carbocycles. The molecule has 0 aromatic heterocycles. The number of rotatable bonds is 2. The second kappa shape index (κ2) is 4.29. The standard InChI is InChI=1S/C12H16N2O4/c1-5-3-7(13)10-11(9(5)14)18-8(4-17-10)6(2)12(15)16/h3,6,8H,4,13-14H2,1-2H3,(H,15,16). The largest absolute Gasteiger partial charge is 0.484 e. The van der Waals surface area contributed by atoms with Crippen molar-refractivity contribution in [3.05, 3.63) is 11.6 Å². The first-order chi connectivity index (χ1) is 8.41. The summed E-state index contributed by atoms with van der Waals surface area (Å²) in [6, 6.07) is 1.71. The maximum Gasteiger partial charge on any atom is 0.310 e. The van der Waals surface area contributed by atoms with Crippen molar-refractivity contribution in [3.8, 4) is 11.5 Å². The predicted molar refractivity (Wildman–Crippen MR) is 66.7 cm³/mol. The van der Waals surface area contributed by atoms with Gasteiger partial charge in [0.05, 0.1) is 17.3 Å². The van der Waals surface area contributed by atoms with Crippen LogP contribution in [0.1, 0.15) is 12.5 Å². The molecule has 2 unspecified atom stereocenters. The Balaban J connectivity index is 2.37. The summed E-state index contributed by atoms with van der Waals surface area (Å²) in [6.07, 6.45) is -0.571. The highest BCUT2D eigenvalue weighted by molar-refractivity contribution is 5.75. The lowest BCUT2D eigenvalue weighted by Crippen LogP contribution is -2.39. The predicted octanol–water partition coefficient (Wildman–Crippen LogP) is 1.02. The first-order valence-corrected chi connectivity index (χ1v) is 5.62. The molecule has 1 aliphatic heterocycles. The monoisotopic (exact) mass is 252 g/mol. The Kier molecular flexibility index (Phi) is 2.94. The van der Waals surface area contributed by atoms with E-state index in [0.717, 1.165) is 5.56 Å². The molecule has 0 amide bonds. The first-order valence-electron chi connectivity index (χ1n) is 5.62. The molecule has 0 radical (unpaired) electrons. The van der Waals surface area contributed by atoms with Crippen molar-refractivity contribution in [2.45, 2.75) is 20.0 Å². The van der Waals surface area contributed by atoms with Gasteiger partial charge in [0.1, 0.15) is 12.7 Å². The smallest absolute Gasteiger partial charge is 0.310 e. The van der Waals surface area contributed by atoms with Crippen LogP contribution in [0, 0.1) is 12.8 Å². The number of hydrogen-bond donors (Lipinski definition) is 3. The van der Waals surface area contributed by atoms with Gasteiger partial charge in [0.25, 0.3) is 0 Å². The normalized spacial score (nSPS) is 19.3. The number of aryl methyl sites for hydroxylation is 1. The zero-order valence-corrected chi connectivity index (χ0v) is 10.3. The van der Waals surface area contributed by atoms with Crippen LogP contribution >= 0.6 is 0 Å². The van der Waals surface area contributed by atoms with E-state index in [1.165, 1.54) is 0 Å². The Hall–Kier alpha value is -2.11. The summed E-state index contributed by atoms with van der Waals surface area (Å²) in [6.45, 7) is 3.52. The van der Waals surface area contributed by atoms with E-state index >= 15 is 0 Å². The molecular weight excluding hydrogens is 236 g/mol. The Morgan fingerprint density at radius 1 is 1.50 bits per heavy atom. The number of nitrogens with two attached hydrogens (primary N) is 2. The lowest BCUT2D eigenvalue weighted by molar-refractivity contribution is -0.145. The van der Waals surface area contributed by atoms with E-state index in [1.54, 1.807) is 19.9 Å². The third kappa shape index (κ3) is 1.90. The lowest BCUT2D eigenvalue weighted by Gasteiger charge is -2.30. The van der Waals surface area contributed by atoms with Crippen molar-refractivity contribution >= 4 is 17.3 Å². The highest BCUT2D eigenvalue weighted by Gasteiger charge is 2.32. The van der Waals surface area contributed by atoms with Crippen molar-refractivity contribution in [1.82, 2.24) is 0 Å². The maximum atomic E-state index is 10.9. The van der Waals surface area contributed by atoms with Crippen molar-refractivity contribution in [3.63, 3.8) is 0 Å². The first kappa shape index (κ1) is 12.3. The van der Waals surface area contributed by atoms with Crippen LogP contribution in [0.3, 0.4) is 0 Å². The van der Waals surface area contributed by atoms with Crippen molar-refractivity contribution in [2.24, 2.45) is 5.92 Å². The van der Waals surface area contributed by atoms with E-state index in [-0.39, 0.29) is 6.61 Å². The fourth-order valence-corrected chi connectivity index (χ4v) is 1.83. The van der Waals surface area contributed by atoms with Gasteiger partial charge >= 0.3 is 5.97 Å². The molecule has 0 saturated heterocycles. The molecule has 0 aliphatic carbocycles. The maximum absolute atomic E-state index is 10.9. The van der Waals surface area contributed by atoms with Gasteiger partial charge in [-0.15, -0.1) is 0 Å². The average Bonchev–Trinajstić information content (AvgIpc) is 2.34. The van der Waals surface area contributed by atoms with Gasteiger partial charge in [-0.25, -0.2) is 0 Å². The number of carbonyl (C=O) groups is 1. The number of ether oxygens (including phenoxy) is 2. The van der Waals surface area contributed by atoms with Gasteiger partial charge in [0, 0.05) is 0 Å². The number of hydrogen-bond acceptors (Lipinski definition) is 5. The second-order valence-corrected chi connectivity index (χ2v) is 4.45. The summed E-state index contributed by atoms with van der Waals surface area (Å²) in [5.74, 6) is -0.880. The third-order valence-electron chi connectivity index (χ3n) is 3.12. The number of carboxylic acid groups (broad SMARTS) is 1. The number of anilines is 2. The Bertz CT molecular complexity index is 501. The van der Waals surface area contributed by atoms with Crippen LogP contribution in [-0.2, 0) is 4.79 Å². The Morgan fingerprint density at radius 2 is 2.17 bits per heavy atom. The quantitative estimate of drug-likeness (QED) is 0.678. The molecule has 0 spiro atoms. The van der Waals surface area contributed by atoms with Crippen LogP contribution in [0.15, 0.2) is 6.07 Å². The molecule has 5 N–H and O–H groups in total. The summed E-state index contributed by atoms with van der Waals surface area (Å²) in [7, 11) is 0. The molecule has 18 heavy (non-hydrogen) atoms. The Morgan fingerprint density at radius 3 is 2.78 bits per heavy atom. The summed E-state index contributed by atoms with van der Waals surface area (Å²) >= 11 is 0. The molecule has 1 aromatic rings. The van der Waals surface area contributed by atoms with Gasteiger partial charge in [0.2, 0.25) is 0 Å². The number of carboxylic acids is 1. The molecule has 2 atom stereocenters. The van der Waals surface area contributed by atoms with Crippen LogP contribution in [0.2, 0.25) is 0 Å².